The quantitative estimate of drug-likeness (QED) is 0.833. The molecule has 0 radical (unpaired) electrons. The predicted molar refractivity (Wildman–Crippen MR) is 69.4 cm³/mol. The largest absolute Gasteiger partial charge is 0.312 e. The van der Waals surface area contributed by atoms with Crippen molar-refractivity contribution in [2.75, 3.05) is 7.05 Å². The van der Waals surface area contributed by atoms with Gasteiger partial charge < -0.3 is 5.32 Å². The molecule has 0 heterocycles. The van der Waals surface area contributed by atoms with Crippen molar-refractivity contribution < 1.29 is 4.39 Å². The first-order chi connectivity index (χ1) is 8.17. The fourth-order valence-corrected chi connectivity index (χ4v) is 3.24. The van der Waals surface area contributed by atoms with E-state index < -0.39 is 0 Å². The molecule has 1 aliphatic rings. The van der Waals surface area contributed by atoms with Crippen LogP contribution in [0.5, 0.6) is 0 Å². The minimum absolute atomic E-state index is 0.0846. The first kappa shape index (κ1) is 12.6. The van der Waals surface area contributed by atoms with Gasteiger partial charge in [0.15, 0.2) is 0 Å². The van der Waals surface area contributed by atoms with E-state index in [1.807, 2.05) is 19.2 Å². The van der Waals surface area contributed by atoms with Gasteiger partial charge in [0.05, 0.1) is 0 Å². The van der Waals surface area contributed by atoms with Crippen LogP contribution in [-0.2, 0) is 0 Å². The van der Waals surface area contributed by atoms with Gasteiger partial charge in [-0.3, -0.25) is 0 Å². The summed E-state index contributed by atoms with van der Waals surface area (Å²) in [6.45, 7) is 2.29. The number of halogens is 1. The zero-order chi connectivity index (χ0) is 12.3. The normalized spacial score (nSPS) is 21.1. The maximum absolute atomic E-state index is 13.9. The van der Waals surface area contributed by atoms with Crippen LogP contribution in [0.15, 0.2) is 24.3 Å². The summed E-state index contributed by atoms with van der Waals surface area (Å²) < 4.78 is 13.9. The second-order valence-corrected chi connectivity index (χ2v) is 5.46. The molecule has 1 N–H and O–H groups in total. The predicted octanol–water partition coefficient (Wildman–Crippen LogP) is 4.06. The summed E-state index contributed by atoms with van der Waals surface area (Å²) in [6, 6.07) is 7.29. The fourth-order valence-electron chi connectivity index (χ4n) is 3.24. The van der Waals surface area contributed by atoms with Crippen molar-refractivity contribution in [2.45, 2.75) is 45.1 Å². The lowest BCUT2D eigenvalue weighted by molar-refractivity contribution is 0.148. The molecule has 1 unspecified atom stereocenters. The summed E-state index contributed by atoms with van der Waals surface area (Å²) in [5.41, 5.74) is 1.01. The lowest BCUT2D eigenvalue weighted by atomic mass is 9.68. The van der Waals surface area contributed by atoms with Crippen molar-refractivity contribution in [1.29, 1.82) is 0 Å². The first-order valence-corrected chi connectivity index (χ1v) is 6.59. The lowest BCUT2D eigenvalue weighted by Crippen LogP contribution is -2.36. The van der Waals surface area contributed by atoms with Gasteiger partial charge in [0.1, 0.15) is 5.82 Å². The second kappa shape index (κ2) is 5.18. The van der Waals surface area contributed by atoms with E-state index in [1.165, 1.54) is 32.1 Å². The van der Waals surface area contributed by atoms with Gasteiger partial charge in [-0.25, -0.2) is 4.39 Å². The van der Waals surface area contributed by atoms with Crippen LogP contribution in [0.4, 0.5) is 4.39 Å². The summed E-state index contributed by atoms with van der Waals surface area (Å²) in [5.74, 6) is -0.0846. The van der Waals surface area contributed by atoms with E-state index in [4.69, 9.17) is 0 Å². The van der Waals surface area contributed by atoms with Gasteiger partial charge in [0.25, 0.3) is 0 Å². The van der Waals surface area contributed by atoms with Crippen LogP contribution in [-0.4, -0.2) is 7.05 Å². The number of rotatable bonds is 3. The van der Waals surface area contributed by atoms with Crippen molar-refractivity contribution in [3.8, 4) is 0 Å². The molecule has 0 spiro atoms. The number of nitrogens with one attached hydrogen (secondary N) is 1. The minimum Gasteiger partial charge on any atom is -0.312 e. The Morgan fingerprint density at radius 1 is 1.18 bits per heavy atom. The van der Waals surface area contributed by atoms with Crippen LogP contribution >= 0.6 is 0 Å². The van der Waals surface area contributed by atoms with Gasteiger partial charge in [-0.05, 0) is 31.4 Å². The van der Waals surface area contributed by atoms with Crippen LogP contribution in [0.2, 0.25) is 0 Å². The van der Waals surface area contributed by atoms with Crippen molar-refractivity contribution in [3.63, 3.8) is 0 Å². The second-order valence-electron chi connectivity index (χ2n) is 5.46. The highest BCUT2D eigenvalue weighted by molar-refractivity contribution is 5.23. The molecule has 1 atom stereocenters. The Morgan fingerprint density at radius 3 is 2.41 bits per heavy atom. The molecule has 0 bridgehead atoms. The van der Waals surface area contributed by atoms with E-state index in [0.29, 0.717) is 0 Å². The topological polar surface area (TPSA) is 12.0 Å². The standard InChI is InChI=1S/C15H22FN/c1-15(10-6-3-7-11-15)14(17-2)12-8-4-5-9-13(12)16/h4-5,8-9,14,17H,3,6-7,10-11H2,1-2H3. The van der Waals surface area contributed by atoms with Gasteiger partial charge in [-0.2, -0.15) is 0 Å². The van der Waals surface area contributed by atoms with Crippen LogP contribution in [0.3, 0.4) is 0 Å². The highest BCUT2D eigenvalue weighted by Gasteiger charge is 2.36. The number of hydrogen-bond acceptors (Lipinski definition) is 1. The van der Waals surface area contributed by atoms with Crippen LogP contribution in [0, 0.1) is 11.2 Å². The Kier molecular flexibility index (Phi) is 3.82. The van der Waals surface area contributed by atoms with E-state index in [9.17, 15) is 4.39 Å². The average molecular weight is 235 g/mol. The van der Waals surface area contributed by atoms with Gasteiger partial charge in [0, 0.05) is 11.6 Å². The van der Waals surface area contributed by atoms with Crippen molar-refractivity contribution in [3.05, 3.63) is 35.6 Å². The van der Waals surface area contributed by atoms with Gasteiger partial charge in [-0.1, -0.05) is 44.4 Å². The van der Waals surface area contributed by atoms with E-state index in [0.717, 1.165) is 5.56 Å². The van der Waals surface area contributed by atoms with E-state index in [2.05, 4.69) is 12.2 Å². The molecular formula is C15H22FN. The molecular weight excluding hydrogens is 213 g/mol. The molecule has 17 heavy (non-hydrogen) atoms. The molecule has 2 heteroatoms. The van der Waals surface area contributed by atoms with E-state index in [-0.39, 0.29) is 17.3 Å². The molecule has 1 aromatic rings. The summed E-state index contributed by atoms with van der Waals surface area (Å²) in [5, 5.41) is 3.33. The molecule has 2 rings (SSSR count). The maximum atomic E-state index is 13.9. The third kappa shape index (κ3) is 2.52. The lowest BCUT2D eigenvalue weighted by Gasteiger charge is -2.41. The Morgan fingerprint density at radius 2 is 1.82 bits per heavy atom. The van der Waals surface area contributed by atoms with Crippen molar-refractivity contribution in [2.24, 2.45) is 5.41 Å². The average Bonchev–Trinajstić information content (AvgIpc) is 2.33. The van der Waals surface area contributed by atoms with E-state index in [1.54, 1.807) is 12.1 Å². The van der Waals surface area contributed by atoms with Gasteiger partial charge in [0.2, 0.25) is 0 Å². The first-order valence-electron chi connectivity index (χ1n) is 6.59. The molecule has 0 amide bonds. The zero-order valence-electron chi connectivity index (χ0n) is 10.8. The van der Waals surface area contributed by atoms with Crippen LogP contribution < -0.4 is 5.32 Å². The zero-order valence-corrected chi connectivity index (χ0v) is 10.8. The Bertz CT molecular complexity index is 369. The number of hydrogen-bond donors (Lipinski definition) is 1. The molecule has 0 aromatic heterocycles. The molecule has 0 saturated heterocycles. The summed E-state index contributed by atoms with van der Waals surface area (Å²) >= 11 is 0. The molecule has 1 aromatic carbocycles. The van der Waals surface area contributed by atoms with Crippen molar-refractivity contribution >= 4 is 0 Å². The van der Waals surface area contributed by atoms with Crippen molar-refractivity contribution in [1.82, 2.24) is 5.32 Å². The number of benzene rings is 1. The van der Waals surface area contributed by atoms with Gasteiger partial charge >= 0.3 is 0 Å². The van der Waals surface area contributed by atoms with E-state index >= 15 is 0 Å². The maximum Gasteiger partial charge on any atom is 0.127 e. The smallest absolute Gasteiger partial charge is 0.127 e. The SMILES string of the molecule is CNC(c1ccccc1F)C1(C)CCCCC1. The molecule has 1 nitrogen and oxygen atoms in total. The molecule has 1 aliphatic carbocycles. The van der Waals surface area contributed by atoms with Gasteiger partial charge in [-0.15, -0.1) is 0 Å². The summed E-state index contributed by atoms with van der Waals surface area (Å²) in [7, 11) is 1.94. The van der Waals surface area contributed by atoms with Crippen LogP contribution in [0.1, 0.15) is 50.6 Å². The molecule has 1 saturated carbocycles. The minimum atomic E-state index is -0.0846. The molecule has 94 valence electrons. The van der Waals surface area contributed by atoms with Crippen LogP contribution in [0.25, 0.3) is 0 Å². The summed E-state index contributed by atoms with van der Waals surface area (Å²) in [6.07, 6.45) is 6.23. The third-order valence-electron chi connectivity index (χ3n) is 4.20. The monoisotopic (exact) mass is 235 g/mol. The molecule has 1 fully saturated rings. The third-order valence-corrected chi connectivity index (χ3v) is 4.20. The Balaban J connectivity index is 2.29. The Labute approximate surface area is 103 Å². The highest BCUT2D eigenvalue weighted by Crippen LogP contribution is 2.45. The fraction of sp³-hybridized carbons (Fsp3) is 0.600. The highest BCUT2D eigenvalue weighted by atomic mass is 19.1. The summed E-state index contributed by atoms with van der Waals surface area (Å²) in [4.78, 5) is 0. The Hall–Kier alpha value is -0.890. The molecule has 0 aliphatic heterocycles.